The standard InChI is InChI=1S/C17H22N4O.HI/c1-18-17(21-14-15-8-5-6-11-19-15)20-12-7-13-22-16-9-3-2-4-10-16;/h2-6,8-11H,7,12-14H2,1H3,(H2,18,20,21);1H. The zero-order chi connectivity index (χ0) is 15.5. The molecule has 0 unspecified atom stereocenters. The van der Waals surface area contributed by atoms with E-state index in [0.717, 1.165) is 30.4 Å². The smallest absolute Gasteiger partial charge is 0.191 e. The number of halogens is 1. The average Bonchev–Trinajstić information content (AvgIpc) is 2.59. The number of ether oxygens (including phenoxy) is 1. The lowest BCUT2D eigenvalue weighted by molar-refractivity contribution is 0.311. The highest BCUT2D eigenvalue weighted by atomic mass is 127. The summed E-state index contributed by atoms with van der Waals surface area (Å²) >= 11 is 0. The van der Waals surface area contributed by atoms with Gasteiger partial charge in [0, 0.05) is 19.8 Å². The molecule has 0 saturated heterocycles. The van der Waals surface area contributed by atoms with Crippen molar-refractivity contribution in [1.82, 2.24) is 15.6 Å². The lowest BCUT2D eigenvalue weighted by atomic mass is 10.3. The number of aliphatic imine (C=N–C) groups is 1. The van der Waals surface area contributed by atoms with Gasteiger partial charge in [-0.3, -0.25) is 9.98 Å². The fourth-order valence-electron chi connectivity index (χ4n) is 1.88. The Balaban J connectivity index is 0.00000264. The molecule has 1 aromatic heterocycles. The molecule has 23 heavy (non-hydrogen) atoms. The van der Waals surface area contributed by atoms with Crippen LogP contribution in [0.1, 0.15) is 12.1 Å². The first-order valence-electron chi connectivity index (χ1n) is 7.41. The zero-order valence-corrected chi connectivity index (χ0v) is 15.6. The van der Waals surface area contributed by atoms with Gasteiger partial charge in [0.15, 0.2) is 5.96 Å². The first-order valence-corrected chi connectivity index (χ1v) is 7.41. The Morgan fingerprint density at radius 1 is 1.09 bits per heavy atom. The minimum absolute atomic E-state index is 0. The van der Waals surface area contributed by atoms with Crippen molar-refractivity contribution < 1.29 is 4.74 Å². The Kier molecular flexibility index (Phi) is 9.78. The number of nitrogens with one attached hydrogen (secondary N) is 2. The van der Waals surface area contributed by atoms with E-state index in [1.54, 1.807) is 13.2 Å². The van der Waals surface area contributed by atoms with E-state index in [9.17, 15) is 0 Å². The van der Waals surface area contributed by atoms with Gasteiger partial charge < -0.3 is 15.4 Å². The largest absolute Gasteiger partial charge is 0.494 e. The fourth-order valence-corrected chi connectivity index (χ4v) is 1.88. The second-order valence-corrected chi connectivity index (χ2v) is 4.69. The minimum atomic E-state index is 0. The molecule has 0 saturated carbocycles. The molecule has 2 N–H and O–H groups in total. The molecule has 0 aliphatic rings. The van der Waals surface area contributed by atoms with E-state index >= 15 is 0 Å². The van der Waals surface area contributed by atoms with E-state index in [1.807, 2.05) is 48.5 Å². The van der Waals surface area contributed by atoms with Gasteiger partial charge in [-0.05, 0) is 30.7 Å². The molecule has 0 aliphatic heterocycles. The molecule has 0 fully saturated rings. The molecule has 2 rings (SSSR count). The zero-order valence-electron chi connectivity index (χ0n) is 13.2. The van der Waals surface area contributed by atoms with E-state index in [-0.39, 0.29) is 24.0 Å². The third-order valence-electron chi connectivity index (χ3n) is 3.01. The number of hydrogen-bond donors (Lipinski definition) is 2. The number of benzene rings is 1. The first kappa shape index (κ1) is 19.2. The summed E-state index contributed by atoms with van der Waals surface area (Å²) in [5, 5.41) is 6.49. The van der Waals surface area contributed by atoms with E-state index in [2.05, 4.69) is 20.6 Å². The van der Waals surface area contributed by atoms with Crippen LogP contribution in [0.2, 0.25) is 0 Å². The summed E-state index contributed by atoms with van der Waals surface area (Å²) in [7, 11) is 1.76. The number of hydrogen-bond acceptors (Lipinski definition) is 3. The molecule has 5 nitrogen and oxygen atoms in total. The van der Waals surface area contributed by atoms with Gasteiger partial charge >= 0.3 is 0 Å². The molecule has 2 aromatic rings. The number of guanidine groups is 1. The third kappa shape index (κ3) is 7.83. The predicted octanol–water partition coefficient (Wildman–Crippen LogP) is 2.83. The fraction of sp³-hybridized carbons (Fsp3) is 0.294. The van der Waals surface area contributed by atoms with Crippen LogP contribution in [0.25, 0.3) is 0 Å². The van der Waals surface area contributed by atoms with Gasteiger partial charge in [0.25, 0.3) is 0 Å². The highest BCUT2D eigenvalue weighted by Gasteiger charge is 1.98. The molecule has 124 valence electrons. The van der Waals surface area contributed by atoms with Gasteiger partial charge in [0.1, 0.15) is 5.75 Å². The molecule has 0 aliphatic carbocycles. The monoisotopic (exact) mass is 426 g/mol. The minimum Gasteiger partial charge on any atom is -0.494 e. The van der Waals surface area contributed by atoms with Crippen LogP contribution in [0.5, 0.6) is 5.75 Å². The maximum atomic E-state index is 5.64. The van der Waals surface area contributed by atoms with Crippen LogP contribution in [0.15, 0.2) is 59.7 Å². The quantitative estimate of drug-likeness (QED) is 0.310. The molecule has 0 radical (unpaired) electrons. The van der Waals surface area contributed by atoms with Crippen LogP contribution in [-0.4, -0.2) is 31.1 Å². The van der Waals surface area contributed by atoms with E-state index in [0.29, 0.717) is 13.2 Å². The van der Waals surface area contributed by atoms with E-state index in [4.69, 9.17) is 4.74 Å². The summed E-state index contributed by atoms with van der Waals surface area (Å²) < 4.78 is 5.64. The number of pyridine rings is 1. The highest BCUT2D eigenvalue weighted by Crippen LogP contribution is 2.07. The predicted molar refractivity (Wildman–Crippen MR) is 104 cm³/mol. The second kappa shape index (κ2) is 11.7. The SMILES string of the molecule is CN=C(NCCCOc1ccccc1)NCc1ccccn1.I. The van der Waals surface area contributed by atoms with Crippen molar-refractivity contribution >= 4 is 29.9 Å². The first-order chi connectivity index (χ1) is 10.9. The van der Waals surface area contributed by atoms with Gasteiger partial charge in [-0.2, -0.15) is 0 Å². The molecule has 6 heteroatoms. The summed E-state index contributed by atoms with van der Waals surface area (Å²) in [6.07, 6.45) is 2.69. The Morgan fingerprint density at radius 2 is 1.87 bits per heavy atom. The summed E-state index contributed by atoms with van der Waals surface area (Å²) in [6.45, 7) is 2.13. The van der Waals surface area contributed by atoms with Crippen LogP contribution in [-0.2, 0) is 6.54 Å². The molecular weight excluding hydrogens is 403 g/mol. The van der Waals surface area contributed by atoms with Gasteiger partial charge in [-0.15, -0.1) is 24.0 Å². The van der Waals surface area contributed by atoms with Gasteiger partial charge in [0.2, 0.25) is 0 Å². The van der Waals surface area contributed by atoms with Crippen LogP contribution in [0, 0.1) is 0 Å². The van der Waals surface area contributed by atoms with Gasteiger partial charge in [-0.25, -0.2) is 0 Å². The summed E-state index contributed by atoms with van der Waals surface area (Å²) in [6, 6.07) is 15.7. The van der Waals surface area contributed by atoms with Gasteiger partial charge in [0.05, 0.1) is 18.8 Å². The Bertz CT molecular complexity index is 563. The van der Waals surface area contributed by atoms with Gasteiger partial charge in [-0.1, -0.05) is 24.3 Å². The summed E-state index contributed by atoms with van der Waals surface area (Å²) in [4.78, 5) is 8.45. The normalized spacial score (nSPS) is 10.6. The summed E-state index contributed by atoms with van der Waals surface area (Å²) in [5.41, 5.74) is 0.984. The molecule has 0 bridgehead atoms. The third-order valence-corrected chi connectivity index (χ3v) is 3.01. The molecule has 1 aromatic carbocycles. The van der Waals surface area contributed by atoms with E-state index in [1.165, 1.54) is 0 Å². The number of para-hydroxylation sites is 1. The number of rotatable bonds is 7. The Labute approximate surface area is 154 Å². The average molecular weight is 426 g/mol. The maximum Gasteiger partial charge on any atom is 0.191 e. The Morgan fingerprint density at radius 3 is 2.57 bits per heavy atom. The second-order valence-electron chi connectivity index (χ2n) is 4.69. The number of nitrogens with zero attached hydrogens (tertiary/aromatic N) is 2. The topological polar surface area (TPSA) is 58.5 Å². The summed E-state index contributed by atoms with van der Waals surface area (Å²) in [5.74, 6) is 1.67. The van der Waals surface area contributed by atoms with Crippen molar-refractivity contribution in [3.05, 3.63) is 60.4 Å². The lowest BCUT2D eigenvalue weighted by Gasteiger charge is -2.12. The van der Waals surface area contributed by atoms with Crippen molar-refractivity contribution in [3.63, 3.8) is 0 Å². The van der Waals surface area contributed by atoms with Crippen LogP contribution in [0.3, 0.4) is 0 Å². The number of aromatic nitrogens is 1. The van der Waals surface area contributed by atoms with E-state index < -0.39 is 0 Å². The molecule has 0 atom stereocenters. The van der Waals surface area contributed by atoms with Crippen LogP contribution in [0.4, 0.5) is 0 Å². The maximum absolute atomic E-state index is 5.64. The van der Waals surface area contributed by atoms with Crippen molar-refractivity contribution in [1.29, 1.82) is 0 Å². The molecular formula is C17H23IN4O. The van der Waals surface area contributed by atoms with Crippen molar-refractivity contribution in [2.75, 3.05) is 20.2 Å². The van der Waals surface area contributed by atoms with Crippen molar-refractivity contribution in [2.24, 2.45) is 4.99 Å². The molecule has 0 spiro atoms. The molecule has 1 heterocycles. The lowest BCUT2D eigenvalue weighted by Crippen LogP contribution is -2.37. The molecule has 0 amide bonds. The van der Waals surface area contributed by atoms with Crippen LogP contribution < -0.4 is 15.4 Å². The van der Waals surface area contributed by atoms with Crippen molar-refractivity contribution in [2.45, 2.75) is 13.0 Å². The van der Waals surface area contributed by atoms with Crippen molar-refractivity contribution in [3.8, 4) is 5.75 Å². The van der Waals surface area contributed by atoms with Crippen LogP contribution >= 0.6 is 24.0 Å². The Hall–Kier alpha value is -1.83. The highest BCUT2D eigenvalue weighted by molar-refractivity contribution is 14.0.